The Morgan fingerprint density at radius 1 is 1.17 bits per heavy atom. The van der Waals surface area contributed by atoms with Gasteiger partial charge in [-0.2, -0.15) is 0 Å². The van der Waals surface area contributed by atoms with Crippen molar-refractivity contribution < 1.29 is 9.90 Å². The zero-order valence-electron chi connectivity index (χ0n) is 11.7. The molecule has 0 spiro atoms. The third-order valence-corrected chi connectivity index (χ3v) is 3.08. The van der Waals surface area contributed by atoms with Gasteiger partial charge in [-0.1, -0.05) is 31.2 Å². The Labute approximate surface area is 109 Å². The zero-order chi connectivity index (χ0) is 13.8. The Kier molecular flexibility index (Phi) is 4.91. The quantitative estimate of drug-likeness (QED) is 0.872. The summed E-state index contributed by atoms with van der Waals surface area (Å²) in [6.07, 6.45) is 1.03. The highest BCUT2D eigenvalue weighted by Gasteiger charge is 2.23. The molecule has 0 amide bonds. The van der Waals surface area contributed by atoms with Crippen LogP contribution in [-0.4, -0.2) is 28.1 Å². The minimum atomic E-state index is -0.782. The molecule has 0 aliphatic heterocycles. The fourth-order valence-electron chi connectivity index (χ4n) is 1.79. The molecular formula is C15H23NO2. The van der Waals surface area contributed by atoms with Crippen molar-refractivity contribution in [2.45, 2.75) is 46.2 Å². The first kappa shape index (κ1) is 14.7. The van der Waals surface area contributed by atoms with Crippen LogP contribution in [0.4, 0.5) is 0 Å². The van der Waals surface area contributed by atoms with Gasteiger partial charge in [0.15, 0.2) is 0 Å². The van der Waals surface area contributed by atoms with Crippen LogP contribution in [-0.2, 0) is 17.8 Å². The molecule has 0 atom stereocenters. The maximum atomic E-state index is 10.9. The molecule has 1 rings (SSSR count). The number of hydrogen-bond acceptors (Lipinski definition) is 2. The molecule has 0 aliphatic carbocycles. The first-order valence-electron chi connectivity index (χ1n) is 6.37. The van der Waals surface area contributed by atoms with Crippen molar-refractivity contribution in [1.82, 2.24) is 4.90 Å². The number of hydrogen-bond donors (Lipinski definition) is 1. The maximum absolute atomic E-state index is 10.9. The zero-order valence-corrected chi connectivity index (χ0v) is 11.7. The number of rotatable bonds is 5. The number of carboxylic acids is 1. The van der Waals surface area contributed by atoms with Crippen molar-refractivity contribution >= 4 is 5.97 Å². The van der Waals surface area contributed by atoms with Gasteiger partial charge in [0, 0.05) is 12.1 Å². The largest absolute Gasteiger partial charge is 0.480 e. The van der Waals surface area contributed by atoms with Crippen LogP contribution in [0.1, 0.15) is 38.8 Å². The van der Waals surface area contributed by atoms with E-state index in [1.165, 1.54) is 5.56 Å². The smallest absolute Gasteiger partial charge is 0.317 e. The van der Waals surface area contributed by atoms with Crippen LogP contribution in [0.3, 0.4) is 0 Å². The molecule has 0 radical (unpaired) electrons. The van der Waals surface area contributed by atoms with Crippen LogP contribution in [0.25, 0.3) is 0 Å². The number of carbonyl (C=O) groups is 1. The lowest BCUT2D eigenvalue weighted by atomic mass is 10.0. The summed E-state index contributed by atoms with van der Waals surface area (Å²) in [4.78, 5) is 12.9. The lowest BCUT2D eigenvalue weighted by Crippen LogP contribution is -2.43. The van der Waals surface area contributed by atoms with Crippen LogP contribution in [0.15, 0.2) is 24.3 Å². The Hall–Kier alpha value is -1.35. The predicted molar refractivity (Wildman–Crippen MR) is 73.6 cm³/mol. The van der Waals surface area contributed by atoms with E-state index in [2.05, 4.69) is 31.2 Å². The van der Waals surface area contributed by atoms with Gasteiger partial charge in [-0.05, 0) is 38.3 Å². The monoisotopic (exact) mass is 249 g/mol. The summed E-state index contributed by atoms with van der Waals surface area (Å²) in [5.74, 6) is -0.782. The van der Waals surface area contributed by atoms with Gasteiger partial charge in [-0.15, -0.1) is 0 Å². The van der Waals surface area contributed by atoms with Gasteiger partial charge >= 0.3 is 5.97 Å². The van der Waals surface area contributed by atoms with Gasteiger partial charge in [-0.25, -0.2) is 0 Å². The molecular weight excluding hydrogens is 226 g/mol. The van der Waals surface area contributed by atoms with E-state index < -0.39 is 5.97 Å². The van der Waals surface area contributed by atoms with E-state index in [0.717, 1.165) is 12.0 Å². The Morgan fingerprint density at radius 3 is 2.06 bits per heavy atom. The molecule has 18 heavy (non-hydrogen) atoms. The predicted octanol–water partition coefficient (Wildman–Crippen LogP) is 2.93. The van der Waals surface area contributed by atoms with Gasteiger partial charge in [0.25, 0.3) is 0 Å². The fraction of sp³-hybridized carbons (Fsp3) is 0.533. The lowest BCUT2D eigenvalue weighted by molar-refractivity contribution is -0.139. The van der Waals surface area contributed by atoms with Gasteiger partial charge < -0.3 is 5.11 Å². The topological polar surface area (TPSA) is 40.5 Å². The third-order valence-electron chi connectivity index (χ3n) is 3.08. The molecule has 100 valence electrons. The Bertz CT molecular complexity index is 390. The molecule has 3 nitrogen and oxygen atoms in total. The van der Waals surface area contributed by atoms with Crippen molar-refractivity contribution in [3.8, 4) is 0 Å². The molecule has 1 aromatic carbocycles. The van der Waals surface area contributed by atoms with Crippen molar-refractivity contribution in [2.24, 2.45) is 0 Å². The molecule has 3 heteroatoms. The van der Waals surface area contributed by atoms with E-state index in [9.17, 15) is 4.79 Å². The van der Waals surface area contributed by atoms with Crippen LogP contribution < -0.4 is 0 Å². The average molecular weight is 249 g/mol. The summed E-state index contributed by atoms with van der Waals surface area (Å²) >= 11 is 0. The minimum absolute atomic E-state index is 0.0685. The molecule has 0 bridgehead atoms. The highest BCUT2D eigenvalue weighted by Crippen LogP contribution is 2.17. The van der Waals surface area contributed by atoms with E-state index in [0.29, 0.717) is 6.54 Å². The molecule has 0 unspecified atom stereocenters. The van der Waals surface area contributed by atoms with Crippen molar-refractivity contribution in [1.29, 1.82) is 0 Å². The molecule has 1 N–H and O–H groups in total. The first-order valence-corrected chi connectivity index (χ1v) is 6.37. The summed E-state index contributed by atoms with van der Waals surface area (Å²) < 4.78 is 0. The second-order valence-corrected chi connectivity index (χ2v) is 5.59. The Balaban J connectivity index is 2.79. The van der Waals surface area contributed by atoms with E-state index in [4.69, 9.17) is 5.11 Å². The number of aliphatic carboxylic acids is 1. The van der Waals surface area contributed by atoms with Crippen LogP contribution in [0.5, 0.6) is 0 Å². The molecule has 0 fully saturated rings. The summed E-state index contributed by atoms with van der Waals surface area (Å²) in [6.45, 7) is 8.97. The van der Waals surface area contributed by atoms with Crippen LogP contribution >= 0.6 is 0 Å². The van der Waals surface area contributed by atoms with Gasteiger partial charge in [-0.3, -0.25) is 9.69 Å². The Morgan fingerprint density at radius 2 is 1.67 bits per heavy atom. The van der Waals surface area contributed by atoms with Gasteiger partial charge in [0.05, 0.1) is 6.54 Å². The minimum Gasteiger partial charge on any atom is -0.480 e. The second-order valence-electron chi connectivity index (χ2n) is 5.59. The first-order chi connectivity index (χ1) is 8.32. The molecule has 1 aromatic rings. The van der Waals surface area contributed by atoms with E-state index in [1.807, 2.05) is 25.7 Å². The number of carboxylic acid groups (broad SMARTS) is 1. The van der Waals surface area contributed by atoms with E-state index in [-0.39, 0.29) is 12.1 Å². The SMILES string of the molecule is CCc1ccc(CN(CC(=O)O)C(C)(C)C)cc1. The van der Waals surface area contributed by atoms with Gasteiger partial charge in [0.2, 0.25) is 0 Å². The fourth-order valence-corrected chi connectivity index (χ4v) is 1.79. The molecule has 0 aromatic heterocycles. The average Bonchev–Trinajstić information content (AvgIpc) is 2.27. The maximum Gasteiger partial charge on any atom is 0.317 e. The highest BCUT2D eigenvalue weighted by atomic mass is 16.4. The number of benzene rings is 1. The molecule has 0 heterocycles. The van der Waals surface area contributed by atoms with Gasteiger partial charge in [0.1, 0.15) is 0 Å². The highest BCUT2D eigenvalue weighted by molar-refractivity contribution is 5.69. The normalized spacial score (nSPS) is 11.8. The van der Waals surface area contributed by atoms with Crippen molar-refractivity contribution in [3.05, 3.63) is 35.4 Å². The number of nitrogens with zero attached hydrogens (tertiary/aromatic N) is 1. The van der Waals surface area contributed by atoms with Crippen LogP contribution in [0.2, 0.25) is 0 Å². The second kappa shape index (κ2) is 6.01. The summed E-state index contributed by atoms with van der Waals surface area (Å²) in [5, 5.41) is 8.97. The van der Waals surface area contributed by atoms with Crippen molar-refractivity contribution in [2.75, 3.05) is 6.54 Å². The van der Waals surface area contributed by atoms with E-state index in [1.54, 1.807) is 0 Å². The summed E-state index contributed by atoms with van der Waals surface area (Å²) in [6, 6.07) is 8.38. The van der Waals surface area contributed by atoms with E-state index >= 15 is 0 Å². The molecule has 0 saturated heterocycles. The van der Waals surface area contributed by atoms with Crippen molar-refractivity contribution in [3.63, 3.8) is 0 Å². The summed E-state index contributed by atoms with van der Waals surface area (Å²) in [5.41, 5.74) is 2.31. The number of aryl methyl sites for hydroxylation is 1. The lowest BCUT2D eigenvalue weighted by Gasteiger charge is -2.34. The third kappa shape index (κ3) is 4.49. The molecule has 0 saturated carbocycles. The summed E-state index contributed by atoms with van der Waals surface area (Å²) in [7, 11) is 0. The molecule has 0 aliphatic rings. The standard InChI is InChI=1S/C15H23NO2/c1-5-12-6-8-13(9-7-12)10-16(11-14(17)18)15(2,3)4/h6-9H,5,10-11H2,1-4H3,(H,17,18). The van der Waals surface area contributed by atoms with Crippen LogP contribution in [0, 0.1) is 0 Å².